The number of carboxylic acids is 4. The molecule has 1 saturated heterocycles. The predicted molar refractivity (Wildman–Crippen MR) is 361 cm³/mol. The van der Waals surface area contributed by atoms with Crippen molar-refractivity contribution in [3.63, 3.8) is 0 Å². The first-order valence-corrected chi connectivity index (χ1v) is 32.8. The molecule has 554 valence electrons. The summed E-state index contributed by atoms with van der Waals surface area (Å²) < 4.78 is 0. The van der Waals surface area contributed by atoms with Crippen molar-refractivity contribution in [3.05, 3.63) is 95.6 Å². The number of nitrogens with one attached hydrogen (secondary N) is 12. The number of thiol groups is 2. The van der Waals surface area contributed by atoms with Gasteiger partial charge in [-0.2, -0.15) is 25.3 Å². The summed E-state index contributed by atoms with van der Waals surface area (Å²) in [5, 5.41) is 84.6. The summed E-state index contributed by atoms with van der Waals surface area (Å²) in [5.41, 5.74) is 7.69. The van der Waals surface area contributed by atoms with Gasteiger partial charge in [-0.25, -0.2) is 0 Å². The number of aliphatic carboxylic acids is 4. The SMILES string of the molecule is C[C@H](NC(=O)CNC(=O)[C@H](CCC(=O)O)NC(=O)[C@H](CCC(=O)O)NC(=O)[C@H](CC(=O)O)NC(=O)[C@@H]1CCCN1C(=O)[C@H](Cc1ccccc1)NC(=O)[C@H](CS)NC(=O)[C@@H](N)Cc1ccc(O)cc1)C(=O)N[C@@H](CS)C(=O)N[C@@H](Cc1ccc(O)cc1)C(=O)NCC(=O)NCC(=O)NCC(=O)O. The Bertz CT molecular complexity index is 3520. The Morgan fingerprint density at radius 3 is 1.38 bits per heavy atom. The summed E-state index contributed by atoms with van der Waals surface area (Å²) >= 11 is 8.36. The molecule has 102 heavy (non-hydrogen) atoms. The normalized spacial score (nSPS) is 14.9. The van der Waals surface area contributed by atoms with Gasteiger partial charge in [0.25, 0.3) is 0 Å². The first kappa shape index (κ1) is 83.3. The van der Waals surface area contributed by atoms with Gasteiger partial charge in [0, 0.05) is 43.7 Å². The van der Waals surface area contributed by atoms with E-state index >= 15 is 0 Å². The van der Waals surface area contributed by atoms with Crippen molar-refractivity contribution < 1.29 is 112 Å². The van der Waals surface area contributed by atoms with E-state index < -0.39 is 225 Å². The fourth-order valence-corrected chi connectivity index (χ4v) is 10.3. The number of nitrogens with zero attached hydrogens (tertiary/aromatic N) is 1. The Labute approximate surface area is 592 Å². The zero-order valence-corrected chi connectivity index (χ0v) is 56.6. The molecule has 37 nitrogen and oxygen atoms in total. The van der Waals surface area contributed by atoms with E-state index in [1.165, 1.54) is 36.4 Å². The van der Waals surface area contributed by atoms with Gasteiger partial charge in [0.05, 0.1) is 32.1 Å². The van der Waals surface area contributed by atoms with Crippen molar-refractivity contribution in [3.8, 4) is 11.5 Å². The van der Waals surface area contributed by atoms with Crippen LogP contribution in [0.1, 0.15) is 68.6 Å². The molecule has 10 atom stereocenters. The number of benzene rings is 3. The number of phenols is 2. The molecule has 0 spiro atoms. The van der Waals surface area contributed by atoms with Gasteiger partial charge in [0.15, 0.2) is 0 Å². The third-order valence-electron chi connectivity index (χ3n) is 15.2. The van der Waals surface area contributed by atoms with Crippen LogP contribution >= 0.6 is 25.3 Å². The number of phenolic OH excluding ortho intramolecular Hbond substituents is 2. The molecule has 3 aromatic carbocycles. The Balaban J connectivity index is 1.42. The Morgan fingerprint density at radius 1 is 0.441 bits per heavy atom. The van der Waals surface area contributed by atoms with Crippen LogP contribution in [0.4, 0.5) is 0 Å². The molecule has 0 radical (unpaired) electrons. The van der Waals surface area contributed by atoms with Crippen molar-refractivity contribution in [2.45, 2.75) is 132 Å². The van der Waals surface area contributed by atoms with Crippen LogP contribution in [0.3, 0.4) is 0 Å². The standard InChI is InChI=1S/C63H82N14O23S2/c1-32(54(91)75-44(30-101)60(97)72-41(23-35-11-15-37(79)16-12-35)57(94)67-27-48(81)65-26-47(80)66-29-53(89)90)69-49(82)28-68-56(93)39(17-19-50(83)84)70-58(95)40(18-20-51(85)86)71-59(96)42(25-52(87)88)73-62(99)46-8-5-21-77(46)63(100)43(24-33-6-3-2-4-7-33)74-61(98)45(31-102)76-55(92)38(64)22-34-9-13-36(78)14-10-34/h2-4,6-7,9-16,32,38-46,78-79,101-102H,5,8,17-31,64H2,1H3,(H,65,81)(H,66,80)(H,67,94)(H,68,93)(H,69,82)(H,70,95)(H,71,96)(H,72,97)(H,73,99)(H,74,98)(H,75,91)(H,76,92)(H,83,84)(H,85,86)(H,87,88)(H,89,90)/t32-,38-,39-,40-,41-,42-,43-,44-,45-,46-/m0/s1. The summed E-state index contributed by atoms with van der Waals surface area (Å²) in [5.74, 6) is -20.0. The highest BCUT2D eigenvalue weighted by Crippen LogP contribution is 2.21. The fourth-order valence-electron chi connectivity index (χ4n) is 9.80. The zero-order valence-electron chi connectivity index (χ0n) is 54.8. The molecular weight excluding hydrogens is 1380 g/mol. The van der Waals surface area contributed by atoms with E-state index in [1.807, 2.05) is 5.32 Å². The molecule has 20 N–H and O–H groups in total. The highest BCUT2D eigenvalue weighted by molar-refractivity contribution is 7.80. The quantitative estimate of drug-likeness (QED) is 0.0235. The number of nitrogens with two attached hydrogens (primary N) is 1. The molecule has 0 aliphatic carbocycles. The number of carbonyl (C=O) groups is 17. The topological polar surface area (TPSA) is 585 Å². The maximum atomic E-state index is 14.6. The smallest absolute Gasteiger partial charge is 0.322 e. The number of rotatable bonds is 42. The lowest BCUT2D eigenvalue weighted by Crippen LogP contribution is -2.60. The van der Waals surface area contributed by atoms with Crippen LogP contribution in [0.2, 0.25) is 0 Å². The second-order valence-corrected chi connectivity index (χ2v) is 23.9. The second-order valence-electron chi connectivity index (χ2n) is 23.2. The number of amides is 13. The molecular formula is C63H82N14O23S2. The van der Waals surface area contributed by atoms with Crippen molar-refractivity contribution in [2.75, 3.05) is 44.2 Å². The number of likely N-dealkylation sites (tertiary alicyclic amines) is 1. The lowest BCUT2D eigenvalue weighted by Gasteiger charge is -2.31. The second kappa shape index (κ2) is 42.1. The average molecular weight is 1470 g/mol. The third kappa shape index (κ3) is 29.4. The zero-order chi connectivity index (χ0) is 75.8. The number of hydrogen-bond donors (Lipinski definition) is 21. The maximum Gasteiger partial charge on any atom is 0.322 e. The van der Waals surface area contributed by atoms with Crippen molar-refractivity contribution in [1.82, 2.24) is 68.7 Å². The molecule has 1 aliphatic rings. The Hall–Kier alpha value is -11.1. The minimum atomic E-state index is -2.05. The number of hydrogen-bond acceptors (Lipinski definition) is 22. The van der Waals surface area contributed by atoms with E-state index in [0.29, 0.717) is 16.7 Å². The van der Waals surface area contributed by atoms with Gasteiger partial charge in [0.1, 0.15) is 72.4 Å². The first-order valence-electron chi connectivity index (χ1n) is 31.5. The van der Waals surface area contributed by atoms with E-state index in [-0.39, 0.29) is 55.9 Å². The van der Waals surface area contributed by atoms with Gasteiger partial charge in [-0.15, -0.1) is 0 Å². The molecule has 3 aromatic rings. The highest BCUT2D eigenvalue weighted by Gasteiger charge is 2.41. The van der Waals surface area contributed by atoms with Gasteiger partial charge in [-0.05, 0) is 80.0 Å². The Kier molecular flexibility index (Phi) is 34.4. The first-order chi connectivity index (χ1) is 48.3. The molecule has 0 unspecified atom stereocenters. The summed E-state index contributed by atoms with van der Waals surface area (Å²) in [6.45, 7) is -1.97. The molecule has 1 heterocycles. The molecule has 0 saturated carbocycles. The Morgan fingerprint density at radius 2 is 0.863 bits per heavy atom. The molecule has 1 aliphatic heterocycles. The van der Waals surface area contributed by atoms with E-state index in [4.69, 9.17) is 10.8 Å². The maximum absolute atomic E-state index is 14.6. The third-order valence-corrected chi connectivity index (χ3v) is 15.9. The monoisotopic (exact) mass is 1470 g/mol. The molecule has 1 fully saturated rings. The van der Waals surface area contributed by atoms with Crippen LogP contribution in [-0.2, 0) is 101 Å². The van der Waals surface area contributed by atoms with Crippen LogP contribution in [0, 0.1) is 0 Å². The summed E-state index contributed by atoms with van der Waals surface area (Å²) in [6.07, 6.45) is -4.50. The van der Waals surface area contributed by atoms with Crippen LogP contribution in [0.25, 0.3) is 0 Å². The van der Waals surface area contributed by atoms with Crippen molar-refractivity contribution >= 4 is 126 Å². The van der Waals surface area contributed by atoms with Crippen LogP contribution in [-0.4, -0.2) is 241 Å². The molecule has 4 rings (SSSR count). The number of carbonyl (C=O) groups excluding carboxylic acids is 13. The van der Waals surface area contributed by atoms with Crippen LogP contribution in [0.15, 0.2) is 78.9 Å². The van der Waals surface area contributed by atoms with E-state index in [0.717, 1.165) is 11.8 Å². The summed E-state index contributed by atoms with van der Waals surface area (Å²) in [6, 6.07) is 4.05. The molecule has 0 aromatic heterocycles. The van der Waals surface area contributed by atoms with Crippen molar-refractivity contribution in [1.29, 1.82) is 0 Å². The number of aromatic hydroxyl groups is 2. The van der Waals surface area contributed by atoms with Crippen LogP contribution < -0.4 is 69.5 Å². The predicted octanol–water partition coefficient (Wildman–Crippen LogP) is -6.04. The van der Waals surface area contributed by atoms with E-state index in [2.05, 4.69) is 83.7 Å². The average Bonchev–Trinajstić information content (AvgIpc) is 1.62. The van der Waals surface area contributed by atoms with Gasteiger partial charge in [-0.1, -0.05) is 54.6 Å². The molecule has 39 heteroatoms. The van der Waals surface area contributed by atoms with Gasteiger partial charge in [0.2, 0.25) is 76.8 Å². The van der Waals surface area contributed by atoms with E-state index in [1.54, 1.807) is 42.5 Å². The fraction of sp³-hybridized carbons (Fsp3) is 0.444. The van der Waals surface area contributed by atoms with Crippen LogP contribution in [0.5, 0.6) is 11.5 Å². The summed E-state index contributed by atoms with van der Waals surface area (Å²) in [4.78, 5) is 223. The largest absolute Gasteiger partial charge is 0.508 e. The van der Waals surface area contributed by atoms with Gasteiger partial charge < -0.3 is 105 Å². The summed E-state index contributed by atoms with van der Waals surface area (Å²) in [7, 11) is 0. The minimum Gasteiger partial charge on any atom is -0.508 e. The lowest BCUT2D eigenvalue weighted by atomic mass is 10.0. The van der Waals surface area contributed by atoms with Gasteiger partial charge >= 0.3 is 23.9 Å². The number of carboxylic acid groups (broad SMARTS) is 4. The lowest BCUT2D eigenvalue weighted by molar-refractivity contribution is -0.144. The van der Waals surface area contributed by atoms with Crippen molar-refractivity contribution in [2.24, 2.45) is 5.73 Å². The van der Waals surface area contributed by atoms with E-state index in [9.17, 15) is 107 Å². The minimum absolute atomic E-state index is 0.0127. The molecule has 13 amide bonds. The highest BCUT2D eigenvalue weighted by atomic mass is 32.1. The molecule has 0 bridgehead atoms. The van der Waals surface area contributed by atoms with Gasteiger partial charge in [-0.3, -0.25) is 81.5 Å².